The number of aromatic nitrogens is 1. The molecule has 0 bridgehead atoms. The van der Waals surface area contributed by atoms with E-state index in [-0.39, 0.29) is 108 Å². The summed E-state index contributed by atoms with van der Waals surface area (Å²) in [5.41, 5.74) is 23.2. The van der Waals surface area contributed by atoms with Crippen LogP contribution in [0, 0.1) is 17.8 Å². The van der Waals surface area contributed by atoms with Crippen LogP contribution in [0.5, 0.6) is 5.75 Å². The summed E-state index contributed by atoms with van der Waals surface area (Å²) in [6.45, 7) is 10.1. The number of aliphatic imine (C=N–C) groups is 1. The number of para-hydroxylation sites is 1. The molecule has 0 saturated carbocycles. The van der Waals surface area contributed by atoms with Crippen molar-refractivity contribution in [3.8, 4) is 5.75 Å². The SMILES string of the molecule is CC(C)C[C@H](NC(=O)[C@H](CC(=O)O)NC(=O)[C@H](Cc1ccc(O)cc1)NC(=O)[C@@H]1CCCN1C(=O)[C@@H]1CCCN1C(=O)[C@@H]1CCCN1C(=O)[C@H](CC(C)C)NC(=O)CNC(=O)[C@H](CCCN=C(N)N)NC(=O)[C@@H](N)CO)C(=O)N[C@H](C(=O)N[C@@H](Cc1c[nH]c2ccccc12)C(=O)N[C@H](C(=O)N[C@@H](CC(N)=O)C(=O)O)C(C)C)[C@@H](C)O. The van der Waals surface area contributed by atoms with E-state index in [0.717, 1.165) is 6.92 Å². The number of amides is 14. The van der Waals surface area contributed by atoms with Gasteiger partial charge in [0, 0.05) is 56.1 Å². The van der Waals surface area contributed by atoms with E-state index in [4.69, 9.17) is 22.9 Å². The summed E-state index contributed by atoms with van der Waals surface area (Å²) >= 11 is 0. The van der Waals surface area contributed by atoms with Gasteiger partial charge in [-0.15, -0.1) is 0 Å². The highest BCUT2D eigenvalue weighted by Crippen LogP contribution is 2.30. The van der Waals surface area contributed by atoms with Gasteiger partial charge in [-0.2, -0.15) is 0 Å². The Bertz CT molecular complexity index is 4020. The maximum Gasteiger partial charge on any atom is 0.326 e. The number of aromatic hydroxyl groups is 1. The summed E-state index contributed by atoms with van der Waals surface area (Å²) in [6.07, 6.45) is -1.12. The number of nitrogens with one attached hydrogen (secondary N) is 11. The lowest BCUT2D eigenvalue weighted by molar-refractivity contribution is -0.151. The Balaban J connectivity index is 1.16. The van der Waals surface area contributed by atoms with E-state index < -0.39 is 217 Å². The van der Waals surface area contributed by atoms with Crippen LogP contribution in [0.3, 0.4) is 0 Å². The smallest absolute Gasteiger partial charge is 0.326 e. The number of benzene rings is 2. The van der Waals surface area contributed by atoms with E-state index in [2.05, 4.69) is 63.1 Å². The van der Waals surface area contributed by atoms with Gasteiger partial charge in [-0.1, -0.05) is 71.9 Å². The molecule has 14 atom stereocenters. The maximum absolute atomic E-state index is 14.9. The molecule has 14 amide bonds. The molecule has 1 aromatic heterocycles. The molecule has 0 unspecified atom stereocenters. The number of hydrogen-bond donors (Lipinski definition) is 20. The van der Waals surface area contributed by atoms with Crippen molar-refractivity contribution in [2.75, 3.05) is 39.3 Å². The molecule has 6 rings (SSSR count). The number of nitrogens with two attached hydrogens (primary N) is 4. The molecule has 0 spiro atoms. The molecule has 3 aromatic rings. The van der Waals surface area contributed by atoms with Gasteiger partial charge in [-0.3, -0.25) is 76.9 Å². The first-order valence-corrected chi connectivity index (χ1v) is 38.4. The number of guanidine groups is 1. The molecular weight excluding hydrogens is 1500 g/mol. The summed E-state index contributed by atoms with van der Waals surface area (Å²) in [6, 6.07) is -6.85. The zero-order valence-corrected chi connectivity index (χ0v) is 65.5. The third-order valence-corrected chi connectivity index (χ3v) is 19.8. The second kappa shape index (κ2) is 43.6. The second-order valence-electron chi connectivity index (χ2n) is 30.3. The normalized spacial score (nSPS) is 18.2. The first kappa shape index (κ1) is 92.3. The molecule has 4 heterocycles. The predicted octanol–water partition coefficient (Wildman–Crippen LogP) is -4.95. The van der Waals surface area contributed by atoms with E-state index in [1.54, 1.807) is 44.3 Å². The number of H-pyrrole nitrogens is 1. The molecule has 40 nitrogen and oxygen atoms in total. The van der Waals surface area contributed by atoms with Crippen LogP contribution in [0.25, 0.3) is 10.9 Å². The molecular formula is C75H111N19O21. The number of phenols is 1. The molecule has 3 aliphatic rings. The molecule has 40 heteroatoms. The third kappa shape index (κ3) is 27.3. The Kier molecular flexibility index (Phi) is 35.0. The first-order valence-electron chi connectivity index (χ1n) is 38.4. The monoisotopic (exact) mass is 1610 g/mol. The van der Waals surface area contributed by atoms with Gasteiger partial charge in [0.1, 0.15) is 84.3 Å². The number of aliphatic hydroxyl groups excluding tert-OH is 2. The van der Waals surface area contributed by atoms with Crippen molar-refractivity contribution in [1.82, 2.24) is 72.9 Å². The van der Waals surface area contributed by atoms with E-state index in [1.165, 1.54) is 52.8 Å². The molecule has 632 valence electrons. The van der Waals surface area contributed by atoms with Crippen molar-refractivity contribution in [3.05, 3.63) is 65.9 Å². The Morgan fingerprint density at radius 1 is 0.548 bits per heavy atom. The van der Waals surface area contributed by atoms with Gasteiger partial charge in [0.05, 0.1) is 32.1 Å². The number of carbonyl (C=O) groups excluding carboxylic acids is 14. The van der Waals surface area contributed by atoms with Crippen LogP contribution in [0.1, 0.15) is 137 Å². The van der Waals surface area contributed by atoms with Crippen molar-refractivity contribution < 1.29 is 102 Å². The molecule has 3 saturated heterocycles. The lowest BCUT2D eigenvalue weighted by atomic mass is 9.99. The second-order valence-corrected chi connectivity index (χ2v) is 30.3. The minimum absolute atomic E-state index is 0.00571. The number of primary amides is 1. The van der Waals surface area contributed by atoms with Crippen molar-refractivity contribution >= 4 is 112 Å². The summed E-state index contributed by atoms with van der Waals surface area (Å²) in [7, 11) is 0. The average molecular weight is 1610 g/mol. The lowest BCUT2D eigenvalue weighted by Gasteiger charge is -2.35. The highest BCUT2D eigenvalue weighted by Gasteiger charge is 2.48. The number of aliphatic hydroxyl groups is 2. The van der Waals surface area contributed by atoms with Gasteiger partial charge in [0.15, 0.2) is 5.96 Å². The van der Waals surface area contributed by atoms with Crippen molar-refractivity contribution in [1.29, 1.82) is 0 Å². The summed E-state index contributed by atoms with van der Waals surface area (Å²) < 4.78 is 0. The zero-order chi connectivity index (χ0) is 85.2. The highest BCUT2D eigenvalue weighted by atomic mass is 16.4. The Morgan fingerprint density at radius 2 is 1.06 bits per heavy atom. The number of aromatic amines is 1. The van der Waals surface area contributed by atoms with Gasteiger partial charge >= 0.3 is 11.9 Å². The number of carboxylic acid groups (broad SMARTS) is 2. The number of carboxylic acids is 2. The third-order valence-electron chi connectivity index (χ3n) is 19.8. The number of nitrogens with zero attached hydrogens (tertiary/aromatic N) is 4. The van der Waals surface area contributed by atoms with E-state index >= 15 is 0 Å². The number of phenolic OH excluding ortho intramolecular Hbond substituents is 1. The van der Waals surface area contributed by atoms with Gasteiger partial charge < -0.3 is 121 Å². The van der Waals surface area contributed by atoms with Crippen LogP contribution in [-0.2, 0) is 89.6 Å². The summed E-state index contributed by atoms with van der Waals surface area (Å²) in [5.74, 6) is -17.6. The standard InChI is InChI=1S/C75H111N19O21/c1-37(2)28-48(66(106)91-61(40(7)96)70(110)88-50(31-42-34-81-46-15-9-8-14-44(42)46)67(107)90-60(39(5)6)69(109)89-53(74(114)115)32-57(77)98)85-65(105)51(33-59(100)101)86-64(104)49(30-41-20-22-43(97)23-21-41)87-68(108)54-17-11-25-92(54)72(112)56-19-13-27-94(56)73(113)55-18-12-26-93(55)71(111)52(29-38(3)4)83-58(99)35-82-63(103)47(16-10-24-80-75(78)79)84-62(102)45(76)36-95/h8-9,14-15,20-23,34,37-40,45,47-56,60-61,81,95-97H,10-13,16-19,24-33,35-36,76H2,1-7H3,(H2,77,98)(H,82,103)(H,83,99)(H,84,102)(H,85,105)(H,86,104)(H,87,108)(H,88,110)(H,89,109)(H,90,107)(H,91,106)(H,100,101)(H,114,115)(H4,78,79,80)/t40-,45+,47+,48+,49+,50+,51+,52+,53+,54+,55+,56+,60+,61+/m1/s1. The highest BCUT2D eigenvalue weighted by molar-refractivity contribution is 6.01. The maximum atomic E-state index is 14.9. The molecule has 0 aliphatic carbocycles. The van der Waals surface area contributed by atoms with Crippen molar-refractivity contribution in [3.63, 3.8) is 0 Å². The number of hydrogen-bond acceptors (Lipinski definition) is 21. The van der Waals surface area contributed by atoms with Crippen LogP contribution >= 0.6 is 0 Å². The fourth-order valence-electron chi connectivity index (χ4n) is 13.9. The first-order chi connectivity index (χ1) is 54.3. The largest absolute Gasteiger partial charge is 0.508 e. The van der Waals surface area contributed by atoms with Gasteiger partial charge in [0.25, 0.3) is 0 Å². The fourth-order valence-corrected chi connectivity index (χ4v) is 13.9. The van der Waals surface area contributed by atoms with Crippen LogP contribution < -0.4 is 76.1 Å². The predicted molar refractivity (Wildman–Crippen MR) is 413 cm³/mol. The molecule has 3 aliphatic heterocycles. The van der Waals surface area contributed by atoms with E-state index in [1.807, 2.05) is 13.8 Å². The summed E-state index contributed by atoms with van der Waals surface area (Å²) in [5, 5.41) is 76.1. The number of carbonyl (C=O) groups is 16. The molecule has 24 N–H and O–H groups in total. The molecule has 0 radical (unpaired) electrons. The fraction of sp³-hybridized carbons (Fsp3) is 0.587. The van der Waals surface area contributed by atoms with Gasteiger partial charge in [0.2, 0.25) is 82.7 Å². The average Bonchev–Trinajstić information content (AvgIpc) is 1.65. The zero-order valence-electron chi connectivity index (χ0n) is 65.5. The number of fused-ring (bicyclic) bond motifs is 1. The Hall–Kier alpha value is -11.6. The number of rotatable bonds is 43. The topological polar surface area (TPSA) is 637 Å². The van der Waals surface area contributed by atoms with Gasteiger partial charge in [-0.05, 0) is 118 Å². The van der Waals surface area contributed by atoms with Crippen molar-refractivity contribution in [2.24, 2.45) is 45.7 Å². The Labute approximate surface area is 663 Å². The Morgan fingerprint density at radius 3 is 1.64 bits per heavy atom. The molecule has 2 aromatic carbocycles. The minimum atomic E-state index is -2.00. The van der Waals surface area contributed by atoms with Crippen molar-refractivity contribution in [2.45, 2.75) is 223 Å². The van der Waals surface area contributed by atoms with E-state index in [0.29, 0.717) is 34.9 Å². The number of aliphatic carboxylic acids is 2. The molecule has 3 fully saturated rings. The number of likely N-dealkylation sites (tertiary alicyclic amines) is 3. The van der Waals surface area contributed by atoms with Crippen LogP contribution in [0.4, 0.5) is 0 Å². The quantitative estimate of drug-likeness (QED) is 0.0143. The van der Waals surface area contributed by atoms with E-state index in [9.17, 15) is 102 Å². The minimum Gasteiger partial charge on any atom is -0.508 e. The lowest BCUT2D eigenvalue weighted by Crippen LogP contribution is -2.62. The van der Waals surface area contributed by atoms with Crippen LogP contribution in [0.2, 0.25) is 0 Å². The van der Waals surface area contributed by atoms with Crippen LogP contribution in [-0.4, -0.2) is 270 Å². The molecule has 115 heavy (non-hydrogen) atoms. The summed E-state index contributed by atoms with van der Waals surface area (Å²) in [4.78, 5) is 232. The van der Waals surface area contributed by atoms with Gasteiger partial charge in [-0.25, -0.2) is 4.79 Å². The van der Waals surface area contributed by atoms with Crippen LogP contribution in [0.15, 0.2) is 59.7 Å².